The molecule has 1 atom stereocenters. The number of benzene rings is 1. The molecule has 0 aliphatic carbocycles. The van der Waals surface area contributed by atoms with Crippen LogP contribution in [0.1, 0.15) is 50.5 Å². The number of rotatable bonds is 11. The summed E-state index contributed by atoms with van der Waals surface area (Å²) in [5, 5.41) is 4.57. The summed E-state index contributed by atoms with van der Waals surface area (Å²) >= 11 is 0. The molecule has 5 aromatic rings. The minimum absolute atomic E-state index is 0.0240. The zero-order valence-electron chi connectivity index (χ0n) is 30.4. The summed E-state index contributed by atoms with van der Waals surface area (Å²) in [4.78, 5) is 76.7. The molecule has 0 saturated carbocycles. The molecule has 0 fully saturated rings. The normalized spacial score (nSPS) is 12.3. The van der Waals surface area contributed by atoms with Crippen molar-refractivity contribution < 1.29 is 36.3 Å². The average molecular weight is 779 g/mol. The van der Waals surface area contributed by atoms with Gasteiger partial charge in [-0.15, -0.1) is 0 Å². The average Bonchev–Trinajstić information content (AvgIpc) is 3.12. The quantitative estimate of drug-likeness (QED) is 0.166. The van der Waals surface area contributed by atoms with Crippen LogP contribution in [0, 0.1) is 17.0 Å². The zero-order chi connectivity index (χ0) is 40.4. The van der Waals surface area contributed by atoms with E-state index in [2.05, 4.69) is 25.6 Å². The second-order valence-electron chi connectivity index (χ2n) is 13.6. The first-order valence-corrected chi connectivity index (χ1v) is 18.1. The van der Waals surface area contributed by atoms with Crippen LogP contribution >= 0.6 is 0 Å². The topological polar surface area (TPSA) is 213 Å². The van der Waals surface area contributed by atoms with Crippen LogP contribution in [0.3, 0.4) is 0 Å². The lowest BCUT2D eigenvalue weighted by molar-refractivity contribution is -0.149. The number of esters is 1. The van der Waals surface area contributed by atoms with Gasteiger partial charge >= 0.3 is 11.7 Å². The number of fused-ring (bicyclic) bond motifs is 1. The number of sulfonamides is 1. The van der Waals surface area contributed by atoms with E-state index < -0.39 is 78.6 Å². The SMILES string of the molecule is CC(C)OC(=O)[C@H](Cc1ccc(-n2c(=O)c3ccncc3n(C)c2=O)nc1)NC(=O)c1cc(F)c(NS(=O)(=O)c2ccc(NC(=O)C(C)(C)C)cn2)cc1F. The van der Waals surface area contributed by atoms with Gasteiger partial charge in [-0.05, 0) is 49.7 Å². The van der Waals surface area contributed by atoms with E-state index in [1.807, 2.05) is 4.72 Å². The van der Waals surface area contributed by atoms with E-state index in [1.165, 1.54) is 54.5 Å². The summed E-state index contributed by atoms with van der Waals surface area (Å²) in [5.74, 6) is -5.16. The molecule has 0 spiro atoms. The zero-order valence-corrected chi connectivity index (χ0v) is 31.2. The van der Waals surface area contributed by atoms with Crippen molar-refractivity contribution in [1.29, 1.82) is 0 Å². The molecular formula is C36H36F2N8O8S. The van der Waals surface area contributed by atoms with E-state index in [1.54, 1.807) is 34.6 Å². The number of nitrogens with zero attached hydrogens (tertiary/aromatic N) is 5. The summed E-state index contributed by atoms with van der Waals surface area (Å²) in [5.41, 5.74) is -2.87. The predicted molar refractivity (Wildman–Crippen MR) is 196 cm³/mol. The maximum absolute atomic E-state index is 15.3. The van der Waals surface area contributed by atoms with Crippen molar-refractivity contribution in [1.82, 2.24) is 29.4 Å². The molecular weight excluding hydrogens is 743 g/mol. The number of carbonyl (C=O) groups excluding carboxylic acids is 3. The van der Waals surface area contributed by atoms with Crippen LogP contribution in [0.25, 0.3) is 16.7 Å². The van der Waals surface area contributed by atoms with Gasteiger partial charge in [-0.25, -0.2) is 32.9 Å². The summed E-state index contributed by atoms with van der Waals surface area (Å²) in [6.45, 7) is 8.18. The Morgan fingerprint density at radius 2 is 1.67 bits per heavy atom. The van der Waals surface area contributed by atoms with Crippen LogP contribution in [0.15, 0.2) is 81.9 Å². The molecule has 0 unspecified atom stereocenters. The lowest BCUT2D eigenvalue weighted by Crippen LogP contribution is -2.44. The van der Waals surface area contributed by atoms with Crippen molar-refractivity contribution >= 4 is 50.1 Å². The standard InChI is InChI=1S/C36H36F2N8O8S/c1-19(2)54-33(49)27(13-20-7-9-29(40-16-20)46-32(48)22-11-12-39-18-28(22)45(6)35(46)51)43-31(47)23-14-25(38)26(15-24(23)37)44-55(52,53)30-10-8-21(17-41-30)42-34(50)36(3,4)5/h7-12,14-19,27,44H,13H2,1-6H3,(H,42,50)(H,43,47)/t27-/m0/s1. The Hall–Kier alpha value is -6.37. The molecule has 3 N–H and O–H groups in total. The molecule has 2 amide bonds. The molecule has 0 bridgehead atoms. The number of hydrogen-bond acceptors (Lipinski definition) is 11. The van der Waals surface area contributed by atoms with Crippen molar-refractivity contribution in [3.05, 3.63) is 111 Å². The number of ether oxygens (including phenoxy) is 1. The smallest absolute Gasteiger partial charge is 0.337 e. The lowest BCUT2D eigenvalue weighted by Gasteiger charge is -2.20. The Morgan fingerprint density at radius 1 is 0.945 bits per heavy atom. The van der Waals surface area contributed by atoms with Gasteiger partial charge in [0, 0.05) is 37.3 Å². The molecule has 19 heteroatoms. The van der Waals surface area contributed by atoms with E-state index in [9.17, 15) is 32.4 Å². The fourth-order valence-electron chi connectivity index (χ4n) is 5.07. The number of amides is 2. The number of nitrogens with one attached hydrogen (secondary N) is 3. The number of carbonyl (C=O) groups is 3. The molecule has 4 aromatic heterocycles. The third-order valence-corrected chi connectivity index (χ3v) is 9.27. The molecule has 0 radical (unpaired) electrons. The first kappa shape index (κ1) is 39.8. The highest BCUT2D eigenvalue weighted by molar-refractivity contribution is 7.92. The van der Waals surface area contributed by atoms with Gasteiger partial charge in [-0.1, -0.05) is 26.8 Å². The first-order valence-electron chi connectivity index (χ1n) is 16.6. The molecule has 288 valence electrons. The molecule has 16 nitrogen and oxygen atoms in total. The number of aryl methyl sites for hydroxylation is 1. The second-order valence-corrected chi connectivity index (χ2v) is 15.3. The Kier molecular flexibility index (Phi) is 11.3. The van der Waals surface area contributed by atoms with Crippen LogP contribution in [-0.2, 0) is 37.8 Å². The Morgan fingerprint density at radius 3 is 2.29 bits per heavy atom. The number of pyridine rings is 3. The highest BCUT2D eigenvalue weighted by atomic mass is 32.2. The van der Waals surface area contributed by atoms with Gasteiger partial charge in [0.1, 0.15) is 23.5 Å². The van der Waals surface area contributed by atoms with Gasteiger partial charge in [-0.2, -0.15) is 8.42 Å². The Bertz CT molecular complexity index is 2530. The van der Waals surface area contributed by atoms with Crippen molar-refractivity contribution in [3.8, 4) is 5.82 Å². The summed E-state index contributed by atoms with van der Waals surface area (Å²) in [7, 11) is -3.09. The van der Waals surface area contributed by atoms with E-state index >= 15 is 8.78 Å². The second kappa shape index (κ2) is 15.5. The Balaban J connectivity index is 1.34. The van der Waals surface area contributed by atoms with Crippen molar-refractivity contribution in [2.45, 2.75) is 58.2 Å². The minimum Gasteiger partial charge on any atom is -0.461 e. The highest BCUT2D eigenvalue weighted by Gasteiger charge is 2.28. The predicted octanol–water partition coefficient (Wildman–Crippen LogP) is 3.23. The van der Waals surface area contributed by atoms with Crippen LogP contribution in [0.4, 0.5) is 20.2 Å². The van der Waals surface area contributed by atoms with E-state index in [4.69, 9.17) is 4.74 Å². The fourth-order valence-corrected chi connectivity index (χ4v) is 6.06. The summed E-state index contributed by atoms with van der Waals surface area (Å²) in [6, 6.07) is 6.07. The summed E-state index contributed by atoms with van der Waals surface area (Å²) in [6.07, 6.45) is 4.28. The number of halogens is 2. The number of hydrogen-bond donors (Lipinski definition) is 3. The van der Waals surface area contributed by atoms with Crippen LogP contribution in [0.2, 0.25) is 0 Å². The number of aromatic nitrogens is 5. The van der Waals surface area contributed by atoms with Crippen LogP contribution in [-0.4, -0.2) is 62.4 Å². The van der Waals surface area contributed by atoms with Gasteiger partial charge in [-0.3, -0.25) is 28.7 Å². The van der Waals surface area contributed by atoms with E-state index in [0.717, 1.165) is 16.8 Å². The van der Waals surface area contributed by atoms with Gasteiger partial charge in [0.25, 0.3) is 21.5 Å². The molecule has 55 heavy (non-hydrogen) atoms. The maximum atomic E-state index is 15.3. The largest absolute Gasteiger partial charge is 0.461 e. The molecule has 0 aliphatic heterocycles. The molecule has 0 saturated heterocycles. The van der Waals surface area contributed by atoms with Crippen molar-refractivity contribution in [3.63, 3.8) is 0 Å². The molecule has 5 rings (SSSR count). The van der Waals surface area contributed by atoms with Gasteiger partial charge < -0.3 is 15.4 Å². The van der Waals surface area contributed by atoms with E-state index in [-0.39, 0.29) is 29.2 Å². The van der Waals surface area contributed by atoms with Gasteiger partial charge in [0.15, 0.2) is 5.03 Å². The van der Waals surface area contributed by atoms with Gasteiger partial charge in [0.2, 0.25) is 5.91 Å². The third kappa shape index (κ3) is 8.89. The number of anilines is 2. The van der Waals surface area contributed by atoms with Crippen LogP contribution in [0.5, 0.6) is 0 Å². The van der Waals surface area contributed by atoms with Crippen molar-refractivity contribution in [2.24, 2.45) is 12.5 Å². The monoisotopic (exact) mass is 778 g/mol. The first-order chi connectivity index (χ1) is 25.8. The van der Waals surface area contributed by atoms with Gasteiger partial charge in [0.05, 0.1) is 46.3 Å². The minimum atomic E-state index is -4.56. The fraction of sp³-hybridized carbons (Fsp3) is 0.278. The Labute approximate surface area is 312 Å². The maximum Gasteiger partial charge on any atom is 0.337 e. The highest BCUT2D eigenvalue weighted by Crippen LogP contribution is 2.24. The molecule has 4 heterocycles. The van der Waals surface area contributed by atoms with Crippen LogP contribution < -0.4 is 26.6 Å². The third-order valence-electron chi connectivity index (χ3n) is 7.99. The van der Waals surface area contributed by atoms with Crippen molar-refractivity contribution in [2.75, 3.05) is 10.0 Å². The summed E-state index contributed by atoms with van der Waals surface area (Å²) < 4.78 is 65.7. The lowest BCUT2D eigenvalue weighted by atomic mass is 9.96. The van der Waals surface area contributed by atoms with E-state index in [0.29, 0.717) is 23.2 Å². The molecule has 1 aromatic carbocycles. The molecule has 0 aliphatic rings.